The summed E-state index contributed by atoms with van der Waals surface area (Å²) in [6, 6.07) is 0.123. The van der Waals surface area contributed by atoms with Gasteiger partial charge >= 0.3 is 0 Å². The van der Waals surface area contributed by atoms with Crippen LogP contribution in [0.1, 0.15) is 46.5 Å². The number of hydrogen-bond donors (Lipinski definition) is 1. The Morgan fingerprint density at radius 1 is 1.32 bits per heavy atom. The maximum atomic E-state index is 5.03. The van der Waals surface area contributed by atoms with Gasteiger partial charge in [0.05, 0.1) is 12.6 Å². The fourth-order valence-electron chi connectivity index (χ4n) is 1.65. The fourth-order valence-corrected chi connectivity index (χ4v) is 1.65. The van der Waals surface area contributed by atoms with Crippen LogP contribution in [0, 0.1) is 11.3 Å². The van der Waals surface area contributed by atoms with Crippen molar-refractivity contribution in [3.05, 3.63) is 5.82 Å². The molecule has 1 aromatic heterocycles. The van der Waals surface area contributed by atoms with Crippen LogP contribution in [0.4, 0.5) is 0 Å². The van der Waals surface area contributed by atoms with Crippen molar-refractivity contribution in [1.29, 1.82) is 0 Å². The quantitative estimate of drug-likeness (QED) is 0.763. The van der Waals surface area contributed by atoms with Crippen molar-refractivity contribution in [1.82, 2.24) is 25.5 Å². The van der Waals surface area contributed by atoms with Crippen LogP contribution in [0.3, 0.4) is 0 Å². The predicted molar refractivity (Wildman–Crippen MR) is 74.7 cm³/mol. The number of rotatable bonds is 7. The summed E-state index contributed by atoms with van der Waals surface area (Å²) in [5, 5.41) is 15.4. The van der Waals surface area contributed by atoms with E-state index >= 15 is 0 Å². The van der Waals surface area contributed by atoms with Gasteiger partial charge in [0, 0.05) is 20.2 Å². The van der Waals surface area contributed by atoms with E-state index in [4.69, 9.17) is 4.74 Å². The molecule has 0 bridgehead atoms. The second-order valence-electron chi connectivity index (χ2n) is 6.15. The monoisotopic (exact) mass is 269 g/mol. The molecule has 0 aromatic carbocycles. The fraction of sp³-hybridized carbons (Fsp3) is 0.923. The highest BCUT2D eigenvalue weighted by Gasteiger charge is 2.23. The van der Waals surface area contributed by atoms with Crippen molar-refractivity contribution in [2.24, 2.45) is 11.3 Å². The lowest BCUT2D eigenvalue weighted by Crippen LogP contribution is -2.28. The molecule has 0 fully saturated rings. The first-order chi connectivity index (χ1) is 8.86. The van der Waals surface area contributed by atoms with E-state index in [0.29, 0.717) is 12.5 Å². The first-order valence-corrected chi connectivity index (χ1v) is 6.84. The van der Waals surface area contributed by atoms with Gasteiger partial charge in [0.2, 0.25) is 0 Å². The number of nitrogens with zero attached hydrogens (tertiary/aromatic N) is 4. The molecule has 6 heteroatoms. The van der Waals surface area contributed by atoms with Crippen molar-refractivity contribution in [2.75, 3.05) is 20.3 Å². The largest absolute Gasteiger partial charge is 0.383 e. The van der Waals surface area contributed by atoms with Gasteiger partial charge in [-0.05, 0) is 28.7 Å². The lowest BCUT2D eigenvalue weighted by Gasteiger charge is -2.27. The smallest absolute Gasteiger partial charge is 0.167 e. The summed E-state index contributed by atoms with van der Waals surface area (Å²) in [7, 11) is 1.70. The highest BCUT2D eigenvalue weighted by Crippen LogP contribution is 2.27. The molecule has 110 valence electrons. The summed E-state index contributed by atoms with van der Waals surface area (Å²) < 4.78 is 6.93. The Bertz CT molecular complexity index is 371. The number of ether oxygens (including phenoxy) is 1. The molecule has 1 aromatic rings. The van der Waals surface area contributed by atoms with Crippen molar-refractivity contribution in [3.8, 4) is 0 Å². The standard InChI is InChI=1S/C13H27N5O/c1-10(13(3,4)5)9-18-12(15-16-17-18)11(2)14-7-8-19-6/h10-11,14H,7-9H2,1-6H3. The lowest BCUT2D eigenvalue weighted by molar-refractivity contribution is 0.194. The maximum absolute atomic E-state index is 5.03. The molecule has 0 amide bonds. The third-order valence-corrected chi connectivity index (χ3v) is 3.63. The van der Waals surface area contributed by atoms with Crippen molar-refractivity contribution in [2.45, 2.75) is 47.2 Å². The minimum Gasteiger partial charge on any atom is -0.383 e. The third-order valence-electron chi connectivity index (χ3n) is 3.63. The van der Waals surface area contributed by atoms with Gasteiger partial charge in [0.15, 0.2) is 5.82 Å². The van der Waals surface area contributed by atoms with Crippen LogP contribution < -0.4 is 5.32 Å². The molecule has 0 spiro atoms. The molecule has 0 aliphatic rings. The molecule has 0 radical (unpaired) electrons. The van der Waals surface area contributed by atoms with Gasteiger partial charge in [-0.25, -0.2) is 4.68 Å². The van der Waals surface area contributed by atoms with Gasteiger partial charge in [-0.3, -0.25) is 0 Å². The average molecular weight is 269 g/mol. The van der Waals surface area contributed by atoms with Gasteiger partial charge < -0.3 is 10.1 Å². The number of methoxy groups -OCH3 is 1. The molecule has 2 unspecified atom stereocenters. The van der Waals surface area contributed by atoms with Crippen LogP contribution >= 0.6 is 0 Å². The van der Waals surface area contributed by atoms with E-state index in [-0.39, 0.29) is 11.5 Å². The Morgan fingerprint density at radius 3 is 2.58 bits per heavy atom. The SMILES string of the molecule is COCCNC(C)c1nnnn1CC(C)C(C)(C)C. The zero-order chi connectivity index (χ0) is 14.5. The van der Waals surface area contributed by atoms with Gasteiger partial charge in [0.25, 0.3) is 0 Å². The summed E-state index contributed by atoms with van der Waals surface area (Å²) in [5.74, 6) is 1.38. The molecular weight excluding hydrogens is 242 g/mol. The van der Waals surface area contributed by atoms with E-state index < -0.39 is 0 Å². The number of nitrogens with one attached hydrogen (secondary N) is 1. The first-order valence-electron chi connectivity index (χ1n) is 6.84. The summed E-state index contributed by atoms with van der Waals surface area (Å²) >= 11 is 0. The minimum atomic E-state index is 0.123. The summed E-state index contributed by atoms with van der Waals surface area (Å²) in [6.07, 6.45) is 0. The Hall–Kier alpha value is -1.01. The zero-order valence-corrected chi connectivity index (χ0v) is 13.0. The first kappa shape index (κ1) is 16.0. The second kappa shape index (κ2) is 6.96. The molecule has 0 aliphatic heterocycles. The molecule has 0 saturated heterocycles. The van der Waals surface area contributed by atoms with Gasteiger partial charge in [-0.2, -0.15) is 0 Å². The molecule has 1 rings (SSSR count). The van der Waals surface area contributed by atoms with Crippen LogP contribution in [0.5, 0.6) is 0 Å². The molecule has 0 saturated carbocycles. The molecule has 6 nitrogen and oxygen atoms in total. The van der Waals surface area contributed by atoms with E-state index in [0.717, 1.165) is 18.9 Å². The lowest BCUT2D eigenvalue weighted by atomic mass is 9.82. The molecule has 1 heterocycles. The van der Waals surface area contributed by atoms with Gasteiger partial charge in [-0.1, -0.05) is 27.7 Å². The summed E-state index contributed by atoms with van der Waals surface area (Å²) in [6.45, 7) is 13.3. The molecule has 2 atom stereocenters. The number of aromatic nitrogens is 4. The number of hydrogen-bond acceptors (Lipinski definition) is 5. The summed E-state index contributed by atoms with van der Waals surface area (Å²) in [5.41, 5.74) is 0.246. The Labute approximate surface area is 115 Å². The number of tetrazole rings is 1. The van der Waals surface area contributed by atoms with Crippen molar-refractivity contribution >= 4 is 0 Å². The van der Waals surface area contributed by atoms with Crippen LogP contribution in [0.25, 0.3) is 0 Å². The van der Waals surface area contributed by atoms with Crippen LogP contribution in [0.2, 0.25) is 0 Å². The third kappa shape index (κ3) is 4.87. The van der Waals surface area contributed by atoms with Crippen molar-refractivity contribution in [3.63, 3.8) is 0 Å². The summed E-state index contributed by atoms with van der Waals surface area (Å²) in [4.78, 5) is 0. The molecule has 19 heavy (non-hydrogen) atoms. The molecular formula is C13H27N5O. The molecule has 1 N–H and O–H groups in total. The van der Waals surface area contributed by atoms with E-state index in [1.54, 1.807) is 7.11 Å². The van der Waals surface area contributed by atoms with Gasteiger partial charge in [-0.15, -0.1) is 5.10 Å². The Morgan fingerprint density at radius 2 is 2.00 bits per heavy atom. The van der Waals surface area contributed by atoms with Crippen LogP contribution in [0.15, 0.2) is 0 Å². The minimum absolute atomic E-state index is 0.123. The van der Waals surface area contributed by atoms with Crippen LogP contribution in [-0.2, 0) is 11.3 Å². The average Bonchev–Trinajstić information content (AvgIpc) is 2.76. The zero-order valence-electron chi connectivity index (χ0n) is 13.0. The Kier molecular flexibility index (Phi) is 5.87. The van der Waals surface area contributed by atoms with E-state index in [1.165, 1.54) is 0 Å². The highest BCUT2D eigenvalue weighted by molar-refractivity contribution is 4.90. The second-order valence-corrected chi connectivity index (χ2v) is 6.15. The predicted octanol–water partition coefficient (Wildman–Crippen LogP) is 1.65. The van der Waals surface area contributed by atoms with Gasteiger partial charge in [0.1, 0.15) is 0 Å². The van der Waals surface area contributed by atoms with Crippen molar-refractivity contribution < 1.29 is 4.74 Å². The Balaban J connectivity index is 2.64. The maximum Gasteiger partial charge on any atom is 0.167 e. The van der Waals surface area contributed by atoms with E-state index in [1.807, 2.05) is 4.68 Å². The normalized spacial score (nSPS) is 15.5. The highest BCUT2D eigenvalue weighted by atomic mass is 16.5. The van der Waals surface area contributed by atoms with E-state index in [2.05, 4.69) is 55.5 Å². The van der Waals surface area contributed by atoms with Crippen LogP contribution in [-0.4, -0.2) is 40.5 Å². The topological polar surface area (TPSA) is 64.9 Å². The van der Waals surface area contributed by atoms with E-state index in [9.17, 15) is 0 Å². The molecule has 0 aliphatic carbocycles.